The van der Waals surface area contributed by atoms with Crippen LogP contribution < -0.4 is 10.6 Å². The third kappa shape index (κ3) is 2.53. The van der Waals surface area contributed by atoms with Gasteiger partial charge in [-0.05, 0) is 58.5 Å². The van der Waals surface area contributed by atoms with Crippen molar-refractivity contribution in [2.45, 2.75) is 6.42 Å². The molecule has 0 saturated carbocycles. The average molecular weight is 378 g/mol. The van der Waals surface area contributed by atoms with E-state index in [1.807, 2.05) is 30.3 Å². The molecule has 3 rings (SSSR count). The number of hydrogen-bond acceptors (Lipinski definition) is 2. The molecule has 0 aliphatic carbocycles. The molecule has 0 unspecified atom stereocenters. The summed E-state index contributed by atoms with van der Waals surface area (Å²) in [6.45, 7) is 0. The van der Waals surface area contributed by atoms with Crippen LogP contribution >= 0.6 is 22.6 Å². The zero-order chi connectivity index (χ0) is 14.1. The number of fused-ring (bicyclic) bond motifs is 1. The summed E-state index contributed by atoms with van der Waals surface area (Å²) in [5.41, 5.74) is 3.07. The number of hydrogen-bond donors (Lipinski definition) is 2. The highest BCUT2D eigenvalue weighted by Crippen LogP contribution is 2.26. The highest BCUT2D eigenvalue weighted by Gasteiger charge is 2.18. The van der Waals surface area contributed by atoms with E-state index in [9.17, 15) is 9.59 Å². The Morgan fingerprint density at radius 1 is 1.20 bits per heavy atom. The first-order valence-corrected chi connectivity index (χ1v) is 7.20. The number of halogens is 1. The smallest absolute Gasteiger partial charge is 0.256 e. The van der Waals surface area contributed by atoms with Gasteiger partial charge in [-0.25, -0.2) is 0 Å². The number of rotatable bonds is 2. The minimum absolute atomic E-state index is 0.0129. The summed E-state index contributed by atoms with van der Waals surface area (Å²) in [4.78, 5) is 23.5. The lowest BCUT2D eigenvalue weighted by Crippen LogP contribution is -2.13. The molecular weight excluding hydrogens is 367 g/mol. The van der Waals surface area contributed by atoms with Gasteiger partial charge in [0.1, 0.15) is 0 Å². The molecule has 2 aromatic carbocycles. The van der Waals surface area contributed by atoms with Crippen LogP contribution in [-0.2, 0) is 11.2 Å². The highest BCUT2D eigenvalue weighted by molar-refractivity contribution is 14.1. The molecule has 0 fully saturated rings. The lowest BCUT2D eigenvalue weighted by Gasteiger charge is -2.08. The largest absolute Gasteiger partial charge is 0.326 e. The Morgan fingerprint density at radius 3 is 2.80 bits per heavy atom. The summed E-state index contributed by atoms with van der Waals surface area (Å²) < 4.78 is 0.903. The summed E-state index contributed by atoms with van der Waals surface area (Å²) in [6.07, 6.45) is 0.363. The van der Waals surface area contributed by atoms with E-state index < -0.39 is 0 Å². The number of amides is 2. The number of nitrogens with one attached hydrogen (secondary N) is 2. The van der Waals surface area contributed by atoms with Gasteiger partial charge in [-0.3, -0.25) is 9.59 Å². The van der Waals surface area contributed by atoms with Crippen LogP contribution in [0.1, 0.15) is 15.9 Å². The predicted octanol–water partition coefficient (Wildman–Crippen LogP) is 3.04. The second-order valence-corrected chi connectivity index (χ2v) is 5.69. The van der Waals surface area contributed by atoms with E-state index >= 15 is 0 Å². The molecule has 1 heterocycles. The van der Waals surface area contributed by atoms with Gasteiger partial charge in [-0.15, -0.1) is 0 Å². The number of benzene rings is 2. The van der Waals surface area contributed by atoms with Crippen molar-refractivity contribution >= 4 is 45.8 Å². The Bertz CT molecular complexity index is 713. The number of carbonyl (C=O) groups excluding carboxylic acids is 2. The van der Waals surface area contributed by atoms with Crippen molar-refractivity contribution < 1.29 is 9.59 Å². The Morgan fingerprint density at radius 2 is 2.00 bits per heavy atom. The molecule has 4 nitrogen and oxygen atoms in total. The Labute approximate surface area is 129 Å². The van der Waals surface area contributed by atoms with Gasteiger partial charge in [0.05, 0.1) is 12.0 Å². The molecular formula is C15H11IN2O2. The van der Waals surface area contributed by atoms with Gasteiger partial charge in [0, 0.05) is 14.9 Å². The van der Waals surface area contributed by atoms with Crippen LogP contribution in [0.3, 0.4) is 0 Å². The van der Waals surface area contributed by atoms with Gasteiger partial charge in [0.15, 0.2) is 0 Å². The van der Waals surface area contributed by atoms with Crippen LogP contribution in [0, 0.1) is 3.57 Å². The molecule has 0 radical (unpaired) electrons. The third-order valence-electron chi connectivity index (χ3n) is 3.11. The molecule has 0 bridgehead atoms. The summed E-state index contributed by atoms with van der Waals surface area (Å²) >= 11 is 2.13. The van der Waals surface area contributed by atoms with Gasteiger partial charge in [0.2, 0.25) is 5.91 Å². The maximum atomic E-state index is 12.2. The van der Waals surface area contributed by atoms with Gasteiger partial charge in [0.25, 0.3) is 5.91 Å². The molecule has 0 atom stereocenters. The second-order valence-electron chi connectivity index (χ2n) is 4.53. The van der Waals surface area contributed by atoms with Gasteiger partial charge >= 0.3 is 0 Å². The first-order valence-electron chi connectivity index (χ1n) is 6.12. The molecule has 2 N–H and O–H groups in total. The summed E-state index contributed by atoms with van der Waals surface area (Å²) in [7, 11) is 0. The molecule has 2 amide bonds. The van der Waals surface area contributed by atoms with Gasteiger partial charge in [-0.2, -0.15) is 0 Å². The first-order chi connectivity index (χ1) is 9.63. The Kier molecular flexibility index (Phi) is 3.43. The molecule has 0 aromatic heterocycles. The molecule has 1 aliphatic heterocycles. The fourth-order valence-corrected chi connectivity index (χ4v) is 2.78. The molecule has 2 aromatic rings. The summed E-state index contributed by atoms with van der Waals surface area (Å²) in [6, 6.07) is 12.8. The molecule has 0 spiro atoms. The topological polar surface area (TPSA) is 58.2 Å². The van der Waals surface area contributed by atoms with E-state index in [1.165, 1.54) is 0 Å². The first kappa shape index (κ1) is 13.1. The van der Waals surface area contributed by atoms with Crippen LogP contribution in [0.2, 0.25) is 0 Å². The fraction of sp³-hybridized carbons (Fsp3) is 0.0667. The zero-order valence-electron chi connectivity index (χ0n) is 10.4. The quantitative estimate of drug-likeness (QED) is 0.790. The minimum atomic E-state index is -0.146. The zero-order valence-corrected chi connectivity index (χ0v) is 12.6. The minimum Gasteiger partial charge on any atom is -0.326 e. The van der Waals surface area contributed by atoms with Crippen LogP contribution in [0.15, 0.2) is 42.5 Å². The van der Waals surface area contributed by atoms with Crippen LogP contribution in [0.5, 0.6) is 0 Å². The van der Waals surface area contributed by atoms with Crippen molar-refractivity contribution in [3.8, 4) is 0 Å². The molecule has 1 aliphatic rings. The average Bonchev–Trinajstić information content (AvgIpc) is 2.78. The molecule has 5 heteroatoms. The van der Waals surface area contributed by atoms with Crippen molar-refractivity contribution in [1.29, 1.82) is 0 Å². The van der Waals surface area contributed by atoms with Crippen LogP contribution in [0.25, 0.3) is 0 Å². The van der Waals surface area contributed by atoms with E-state index in [0.717, 1.165) is 14.8 Å². The monoisotopic (exact) mass is 378 g/mol. The normalized spacial score (nSPS) is 12.8. The maximum Gasteiger partial charge on any atom is 0.256 e. The fourth-order valence-electron chi connectivity index (χ4n) is 2.15. The van der Waals surface area contributed by atoms with E-state index in [1.54, 1.807) is 12.1 Å². The lowest BCUT2D eigenvalue weighted by molar-refractivity contribution is -0.115. The van der Waals surface area contributed by atoms with Crippen molar-refractivity contribution in [3.05, 3.63) is 57.2 Å². The van der Waals surface area contributed by atoms with E-state index in [2.05, 4.69) is 33.2 Å². The summed E-state index contributed by atoms with van der Waals surface area (Å²) in [5.74, 6) is -0.159. The Balaban J connectivity index is 1.82. The third-order valence-corrected chi connectivity index (χ3v) is 4.05. The van der Waals surface area contributed by atoms with Crippen molar-refractivity contribution in [2.75, 3.05) is 10.6 Å². The van der Waals surface area contributed by atoms with Crippen LogP contribution in [-0.4, -0.2) is 11.8 Å². The SMILES string of the molecule is O=C1Cc2cc(NC(=O)c3ccccc3I)ccc2N1. The van der Waals surface area contributed by atoms with Crippen molar-refractivity contribution in [3.63, 3.8) is 0 Å². The predicted molar refractivity (Wildman–Crippen MR) is 85.9 cm³/mol. The van der Waals surface area contributed by atoms with Crippen molar-refractivity contribution in [1.82, 2.24) is 0 Å². The van der Waals surface area contributed by atoms with E-state index in [0.29, 0.717) is 17.7 Å². The summed E-state index contributed by atoms with van der Waals surface area (Å²) in [5, 5.41) is 5.63. The van der Waals surface area contributed by atoms with E-state index in [-0.39, 0.29) is 11.8 Å². The van der Waals surface area contributed by atoms with Gasteiger partial charge in [-0.1, -0.05) is 12.1 Å². The molecule has 100 valence electrons. The van der Waals surface area contributed by atoms with Crippen LogP contribution in [0.4, 0.5) is 11.4 Å². The standard InChI is InChI=1S/C15H11IN2O2/c16-12-4-2-1-3-11(12)15(20)17-10-5-6-13-9(7-10)8-14(19)18-13/h1-7H,8H2,(H,17,20)(H,18,19). The lowest BCUT2D eigenvalue weighted by atomic mass is 10.1. The highest BCUT2D eigenvalue weighted by atomic mass is 127. The number of anilines is 2. The van der Waals surface area contributed by atoms with E-state index in [4.69, 9.17) is 0 Å². The number of carbonyl (C=O) groups is 2. The second kappa shape index (κ2) is 5.24. The molecule has 0 saturated heterocycles. The Hall–Kier alpha value is -1.89. The molecule has 20 heavy (non-hydrogen) atoms. The van der Waals surface area contributed by atoms with Gasteiger partial charge < -0.3 is 10.6 Å². The van der Waals surface area contributed by atoms with Crippen molar-refractivity contribution in [2.24, 2.45) is 0 Å². The maximum absolute atomic E-state index is 12.2.